The van der Waals surface area contributed by atoms with Crippen molar-refractivity contribution in [2.45, 2.75) is 6.92 Å². The number of carbonyl (C=O) groups excluding carboxylic acids is 1. The van der Waals surface area contributed by atoms with Crippen molar-refractivity contribution in [3.63, 3.8) is 0 Å². The smallest absolute Gasteiger partial charge is 0.411 e. The van der Waals surface area contributed by atoms with E-state index in [2.05, 4.69) is 10.1 Å². The second kappa shape index (κ2) is 5.70. The highest BCUT2D eigenvalue weighted by atomic mass is 19.1. The molecule has 0 aliphatic heterocycles. The average Bonchev–Trinajstić information content (AvgIpc) is 2.29. The monoisotopic (exact) mass is 238 g/mol. The zero-order valence-electron chi connectivity index (χ0n) is 9.41. The van der Waals surface area contributed by atoms with E-state index >= 15 is 0 Å². The van der Waals surface area contributed by atoms with Gasteiger partial charge in [0.25, 0.3) is 0 Å². The molecule has 1 aromatic carbocycles. The van der Waals surface area contributed by atoms with Gasteiger partial charge in [-0.05, 0) is 6.92 Å². The number of carbonyl (C=O) groups is 1. The molecular weight excluding hydrogens is 227 g/mol. The number of nitrogens with one attached hydrogen (secondary N) is 1. The molecule has 1 rings (SSSR count). The molecular formula is C11H11FN2O3. The Hall–Kier alpha value is -2.29. The number of nitriles is 1. The van der Waals surface area contributed by atoms with Gasteiger partial charge < -0.3 is 9.47 Å². The fourth-order valence-electron chi connectivity index (χ4n) is 1.18. The topological polar surface area (TPSA) is 71.3 Å². The fraction of sp³-hybridized carbons (Fsp3) is 0.273. The maximum atomic E-state index is 13.3. The van der Waals surface area contributed by atoms with Crippen molar-refractivity contribution in [3.8, 4) is 11.8 Å². The summed E-state index contributed by atoms with van der Waals surface area (Å²) in [6.45, 7) is 1.85. The molecule has 6 heteroatoms. The van der Waals surface area contributed by atoms with E-state index in [4.69, 9.17) is 10.00 Å². The average molecular weight is 238 g/mol. The first-order valence-corrected chi connectivity index (χ1v) is 4.83. The minimum atomic E-state index is -0.736. The molecule has 0 fully saturated rings. The standard InChI is InChI=1S/C11H11FN2O3/c1-3-17-11(15)14-9-5-8(12)7(6-13)4-10(9)16-2/h4-5H,3H2,1-2H3,(H,14,15). The Morgan fingerprint density at radius 1 is 1.59 bits per heavy atom. The third-order valence-corrected chi connectivity index (χ3v) is 1.92. The van der Waals surface area contributed by atoms with Gasteiger partial charge in [-0.2, -0.15) is 5.26 Å². The lowest BCUT2D eigenvalue weighted by atomic mass is 10.2. The highest BCUT2D eigenvalue weighted by Crippen LogP contribution is 2.27. The van der Waals surface area contributed by atoms with Crippen molar-refractivity contribution >= 4 is 11.8 Å². The number of benzene rings is 1. The van der Waals surface area contributed by atoms with Gasteiger partial charge in [-0.15, -0.1) is 0 Å². The lowest BCUT2D eigenvalue weighted by molar-refractivity contribution is 0.168. The Bertz CT molecular complexity index is 469. The highest BCUT2D eigenvalue weighted by Gasteiger charge is 2.12. The van der Waals surface area contributed by atoms with Crippen molar-refractivity contribution in [1.82, 2.24) is 0 Å². The van der Waals surface area contributed by atoms with Crippen molar-refractivity contribution < 1.29 is 18.7 Å². The van der Waals surface area contributed by atoms with Gasteiger partial charge in [-0.25, -0.2) is 9.18 Å². The lowest BCUT2D eigenvalue weighted by Crippen LogP contribution is -2.14. The summed E-state index contributed by atoms with van der Waals surface area (Å²) in [4.78, 5) is 11.2. The minimum absolute atomic E-state index is 0.113. The molecule has 0 atom stereocenters. The molecule has 0 saturated carbocycles. The van der Waals surface area contributed by atoms with Crippen LogP contribution in [0.3, 0.4) is 0 Å². The molecule has 0 spiro atoms. The summed E-state index contributed by atoms with van der Waals surface area (Å²) in [5.74, 6) is -0.545. The molecule has 0 unspecified atom stereocenters. The molecule has 0 aromatic heterocycles. The minimum Gasteiger partial charge on any atom is -0.495 e. The fourth-order valence-corrected chi connectivity index (χ4v) is 1.18. The van der Waals surface area contributed by atoms with Crippen LogP contribution >= 0.6 is 0 Å². The normalized spacial score (nSPS) is 9.29. The zero-order valence-corrected chi connectivity index (χ0v) is 9.41. The van der Waals surface area contributed by atoms with Gasteiger partial charge in [0, 0.05) is 12.1 Å². The summed E-state index contributed by atoms with van der Waals surface area (Å²) in [5.41, 5.74) is -0.0429. The van der Waals surface area contributed by atoms with Crippen LogP contribution in [0.2, 0.25) is 0 Å². The zero-order chi connectivity index (χ0) is 12.8. The van der Waals surface area contributed by atoms with E-state index in [0.29, 0.717) is 0 Å². The van der Waals surface area contributed by atoms with Crippen LogP contribution in [0.15, 0.2) is 12.1 Å². The molecule has 0 aliphatic rings. The summed E-state index contributed by atoms with van der Waals surface area (Å²) in [7, 11) is 1.35. The lowest BCUT2D eigenvalue weighted by Gasteiger charge is -2.10. The number of nitrogens with zero attached hydrogens (tertiary/aromatic N) is 1. The Morgan fingerprint density at radius 2 is 2.29 bits per heavy atom. The maximum absolute atomic E-state index is 13.3. The molecule has 1 amide bonds. The summed E-state index contributed by atoms with van der Waals surface area (Å²) >= 11 is 0. The van der Waals surface area contributed by atoms with Crippen molar-refractivity contribution in [2.75, 3.05) is 19.0 Å². The molecule has 5 nitrogen and oxygen atoms in total. The van der Waals surface area contributed by atoms with E-state index < -0.39 is 11.9 Å². The number of anilines is 1. The van der Waals surface area contributed by atoms with Gasteiger partial charge in [0.15, 0.2) is 0 Å². The van der Waals surface area contributed by atoms with Gasteiger partial charge in [0.2, 0.25) is 0 Å². The molecule has 0 radical (unpaired) electrons. The van der Waals surface area contributed by atoms with Gasteiger partial charge in [0.05, 0.1) is 25.0 Å². The summed E-state index contributed by atoms with van der Waals surface area (Å²) in [6, 6.07) is 3.89. The number of halogens is 1. The van der Waals surface area contributed by atoms with Gasteiger partial charge in [-0.1, -0.05) is 0 Å². The number of amides is 1. The van der Waals surface area contributed by atoms with Crippen molar-refractivity contribution in [1.29, 1.82) is 5.26 Å². The van der Waals surface area contributed by atoms with Crippen LogP contribution in [0, 0.1) is 17.1 Å². The molecule has 1 N–H and O–H groups in total. The predicted molar refractivity (Wildman–Crippen MR) is 58.3 cm³/mol. The molecule has 0 heterocycles. The Labute approximate surface area is 97.8 Å². The summed E-state index contributed by atoms with van der Waals surface area (Å²) in [5, 5.41) is 11.0. The van der Waals surface area contributed by atoms with E-state index in [-0.39, 0.29) is 23.6 Å². The van der Waals surface area contributed by atoms with Crippen molar-refractivity contribution in [2.24, 2.45) is 0 Å². The van der Waals surface area contributed by atoms with E-state index in [1.54, 1.807) is 13.0 Å². The number of ether oxygens (including phenoxy) is 2. The molecule has 0 bridgehead atoms. The van der Waals surface area contributed by atoms with E-state index in [9.17, 15) is 9.18 Å². The Balaban J connectivity index is 3.03. The number of hydrogen-bond acceptors (Lipinski definition) is 4. The highest BCUT2D eigenvalue weighted by molar-refractivity contribution is 5.87. The van der Waals surface area contributed by atoms with Crippen LogP contribution < -0.4 is 10.1 Å². The molecule has 0 saturated heterocycles. The number of methoxy groups -OCH3 is 1. The third-order valence-electron chi connectivity index (χ3n) is 1.92. The third kappa shape index (κ3) is 3.08. The van der Waals surface area contributed by atoms with Gasteiger partial charge >= 0.3 is 6.09 Å². The van der Waals surface area contributed by atoms with Crippen LogP contribution in [-0.4, -0.2) is 19.8 Å². The van der Waals surface area contributed by atoms with Crippen LogP contribution in [0.25, 0.3) is 0 Å². The molecule has 1 aromatic rings. The Morgan fingerprint density at radius 3 is 2.82 bits per heavy atom. The molecule has 90 valence electrons. The first kappa shape index (κ1) is 12.8. The van der Waals surface area contributed by atoms with Crippen LogP contribution in [0.4, 0.5) is 14.9 Å². The quantitative estimate of drug-likeness (QED) is 0.876. The molecule has 17 heavy (non-hydrogen) atoms. The largest absolute Gasteiger partial charge is 0.495 e. The Kier molecular flexibility index (Phi) is 4.29. The first-order chi connectivity index (χ1) is 8.12. The number of rotatable bonds is 3. The maximum Gasteiger partial charge on any atom is 0.411 e. The van der Waals surface area contributed by atoms with E-state index in [1.807, 2.05) is 0 Å². The predicted octanol–water partition coefficient (Wildman–Crippen LogP) is 2.27. The summed E-state index contributed by atoms with van der Waals surface area (Å²) in [6.07, 6.45) is -0.713. The van der Waals surface area contributed by atoms with Crippen LogP contribution in [0.1, 0.15) is 12.5 Å². The van der Waals surface area contributed by atoms with Crippen LogP contribution in [-0.2, 0) is 4.74 Å². The second-order valence-electron chi connectivity index (χ2n) is 2.99. The summed E-state index contributed by atoms with van der Waals surface area (Å²) < 4.78 is 22.9. The number of hydrogen-bond donors (Lipinski definition) is 1. The first-order valence-electron chi connectivity index (χ1n) is 4.83. The molecule has 0 aliphatic carbocycles. The SMILES string of the molecule is CCOC(=O)Nc1cc(F)c(C#N)cc1OC. The van der Waals surface area contributed by atoms with Crippen LogP contribution in [0.5, 0.6) is 5.75 Å². The second-order valence-corrected chi connectivity index (χ2v) is 2.99. The van der Waals surface area contributed by atoms with E-state index in [0.717, 1.165) is 6.07 Å². The van der Waals surface area contributed by atoms with Gasteiger partial charge in [-0.3, -0.25) is 5.32 Å². The van der Waals surface area contributed by atoms with Crippen molar-refractivity contribution in [3.05, 3.63) is 23.5 Å². The van der Waals surface area contributed by atoms with Gasteiger partial charge in [0.1, 0.15) is 17.6 Å². The van der Waals surface area contributed by atoms with E-state index in [1.165, 1.54) is 13.2 Å².